The first-order chi connectivity index (χ1) is 9.15. The summed E-state index contributed by atoms with van der Waals surface area (Å²) in [4.78, 5) is 22.6. The highest BCUT2D eigenvalue weighted by molar-refractivity contribution is 5.85. The van der Waals surface area contributed by atoms with E-state index < -0.39 is 12.0 Å². The molecule has 0 aliphatic heterocycles. The molecule has 5 nitrogen and oxygen atoms in total. The van der Waals surface area contributed by atoms with Gasteiger partial charge >= 0.3 is 5.97 Å². The molecule has 110 valence electrons. The number of carboxylic acid groups (broad SMARTS) is 1. The monoisotopic (exact) mass is 298 g/mol. The third-order valence-corrected chi connectivity index (χ3v) is 3.04. The molecule has 0 bridgehead atoms. The van der Waals surface area contributed by atoms with Gasteiger partial charge < -0.3 is 15.7 Å². The normalized spacial score (nSPS) is 15.0. The van der Waals surface area contributed by atoms with Crippen molar-refractivity contribution in [1.29, 1.82) is 0 Å². The highest BCUT2D eigenvalue weighted by Gasteiger charge is 2.22. The van der Waals surface area contributed by atoms with Crippen LogP contribution in [0.5, 0.6) is 0 Å². The molecule has 1 aliphatic rings. The SMILES string of the molecule is Cl.O=C(O)CC(NC(=O)CNC1CC1)c1ccccc1. The van der Waals surface area contributed by atoms with E-state index in [1.165, 1.54) is 0 Å². The highest BCUT2D eigenvalue weighted by atomic mass is 35.5. The van der Waals surface area contributed by atoms with Gasteiger partial charge in [-0.15, -0.1) is 12.4 Å². The minimum absolute atomic E-state index is 0. The predicted molar refractivity (Wildman–Crippen MR) is 77.9 cm³/mol. The first kappa shape index (κ1) is 16.5. The predicted octanol–water partition coefficient (Wildman–Crippen LogP) is 1.49. The zero-order valence-electron chi connectivity index (χ0n) is 11.0. The number of carbonyl (C=O) groups excluding carboxylic acids is 1. The fraction of sp³-hybridized carbons (Fsp3) is 0.429. The molecule has 1 unspecified atom stereocenters. The van der Waals surface area contributed by atoms with Crippen LogP contribution < -0.4 is 10.6 Å². The Morgan fingerprint density at radius 1 is 1.25 bits per heavy atom. The van der Waals surface area contributed by atoms with Crippen LogP contribution in [0.3, 0.4) is 0 Å². The first-order valence-corrected chi connectivity index (χ1v) is 6.44. The number of carboxylic acids is 1. The molecule has 0 radical (unpaired) electrons. The molecule has 1 aromatic carbocycles. The summed E-state index contributed by atoms with van der Waals surface area (Å²) in [5, 5.41) is 14.8. The van der Waals surface area contributed by atoms with Crippen LogP contribution in [0.1, 0.15) is 30.9 Å². The number of hydrogen-bond acceptors (Lipinski definition) is 3. The van der Waals surface area contributed by atoms with Crippen molar-refractivity contribution in [3.05, 3.63) is 35.9 Å². The van der Waals surface area contributed by atoms with Gasteiger partial charge in [-0.2, -0.15) is 0 Å². The van der Waals surface area contributed by atoms with E-state index in [1.54, 1.807) is 0 Å². The van der Waals surface area contributed by atoms with Crippen molar-refractivity contribution < 1.29 is 14.7 Å². The Hall–Kier alpha value is -1.59. The molecular weight excluding hydrogens is 280 g/mol. The fourth-order valence-electron chi connectivity index (χ4n) is 1.88. The van der Waals surface area contributed by atoms with Gasteiger partial charge in [-0.25, -0.2) is 0 Å². The minimum Gasteiger partial charge on any atom is -0.481 e. The van der Waals surface area contributed by atoms with E-state index in [4.69, 9.17) is 5.11 Å². The van der Waals surface area contributed by atoms with Crippen molar-refractivity contribution in [3.63, 3.8) is 0 Å². The molecule has 1 amide bonds. The van der Waals surface area contributed by atoms with E-state index in [1.807, 2.05) is 30.3 Å². The van der Waals surface area contributed by atoms with Gasteiger partial charge in [0.25, 0.3) is 0 Å². The van der Waals surface area contributed by atoms with Crippen molar-refractivity contribution in [3.8, 4) is 0 Å². The minimum atomic E-state index is -0.927. The summed E-state index contributed by atoms with van der Waals surface area (Å²) in [5.74, 6) is -1.09. The molecule has 0 aromatic heterocycles. The molecule has 1 fully saturated rings. The molecule has 0 spiro atoms. The Balaban J connectivity index is 0.00000200. The van der Waals surface area contributed by atoms with Crippen LogP contribution in [0.25, 0.3) is 0 Å². The van der Waals surface area contributed by atoms with Gasteiger partial charge in [0, 0.05) is 6.04 Å². The molecule has 1 aromatic rings. The fourth-order valence-corrected chi connectivity index (χ4v) is 1.88. The molecule has 1 aliphatic carbocycles. The number of rotatable bonds is 7. The second-order valence-corrected chi connectivity index (χ2v) is 4.78. The molecule has 0 saturated heterocycles. The Labute approximate surface area is 124 Å². The summed E-state index contributed by atoms with van der Waals surface area (Å²) in [6.07, 6.45) is 2.12. The average molecular weight is 299 g/mol. The zero-order chi connectivity index (χ0) is 13.7. The van der Waals surface area contributed by atoms with Crippen molar-refractivity contribution in [2.24, 2.45) is 0 Å². The van der Waals surface area contributed by atoms with Crippen LogP contribution in [0.15, 0.2) is 30.3 Å². The maximum absolute atomic E-state index is 11.8. The number of halogens is 1. The lowest BCUT2D eigenvalue weighted by Gasteiger charge is -2.17. The molecule has 1 atom stereocenters. The molecule has 20 heavy (non-hydrogen) atoms. The molecular formula is C14H19ClN2O3. The van der Waals surface area contributed by atoms with Crippen molar-refractivity contribution in [2.45, 2.75) is 31.3 Å². The van der Waals surface area contributed by atoms with Crippen molar-refractivity contribution in [2.75, 3.05) is 6.54 Å². The number of hydrogen-bond donors (Lipinski definition) is 3. The van der Waals surface area contributed by atoms with Gasteiger partial charge in [0.1, 0.15) is 0 Å². The van der Waals surface area contributed by atoms with E-state index in [-0.39, 0.29) is 31.3 Å². The molecule has 0 heterocycles. The van der Waals surface area contributed by atoms with Crippen LogP contribution in [0.4, 0.5) is 0 Å². The lowest BCUT2D eigenvalue weighted by molar-refractivity contribution is -0.137. The van der Waals surface area contributed by atoms with Crippen LogP contribution in [-0.4, -0.2) is 29.6 Å². The lowest BCUT2D eigenvalue weighted by atomic mass is 10.0. The first-order valence-electron chi connectivity index (χ1n) is 6.44. The number of carbonyl (C=O) groups is 2. The Kier molecular flexibility index (Phi) is 6.48. The lowest BCUT2D eigenvalue weighted by Crippen LogP contribution is -2.37. The maximum Gasteiger partial charge on any atom is 0.305 e. The molecule has 1 saturated carbocycles. The summed E-state index contributed by atoms with van der Waals surface area (Å²) < 4.78 is 0. The van der Waals surface area contributed by atoms with Gasteiger partial charge in [0.15, 0.2) is 0 Å². The number of amides is 1. The summed E-state index contributed by atoms with van der Waals surface area (Å²) in [5.41, 5.74) is 0.810. The maximum atomic E-state index is 11.8. The number of benzene rings is 1. The second-order valence-electron chi connectivity index (χ2n) is 4.78. The smallest absolute Gasteiger partial charge is 0.305 e. The Morgan fingerprint density at radius 3 is 2.45 bits per heavy atom. The van der Waals surface area contributed by atoms with Crippen LogP contribution >= 0.6 is 12.4 Å². The zero-order valence-corrected chi connectivity index (χ0v) is 11.9. The third-order valence-electron chi connectivity index (χ3n) is 3.04. The van der Waals surface area contributed by atoms with Gasteiger partial charge in [0.05, 0.1) is 19.0 Å². The van der Waals surface area contributed by atoms with E-state index >= 15 is 0 Å². The summed E-state index contributed by atoms with van der Waals surface area (Å²) in [6, 6.07) is 9.15. The van der Waals surface area contributed by atoms with Crippen LogP contribution in [0, 0.1) is 0 Å². The Bertz CT molecular complexity index is 449. The van der Waals surface area contributed by atoms with Gasteiger partial charge in [-0.3, -0.25) is 9.59 Å². The molecule has 6 heteroatoms. The Morgan fingerprint density at radius 2 is 1.90 bits per heavy atom. The topological polar surface area (TPSA) is 78.4 Å². The van der Waals surface area contributed by atoms with Crippen molar-refractivity contribution >= 4 is 24.3 Å². The summed E-state index contributed by atoms with van der Waals surface area (Å²) >= 11 is 0. The van der Waals surface area contributed by atoms with E-state index in [0.29, 0.717) is 6.04 Å². The molecule has 3 N–H and O–H groups in total. The van der Waals surface area contributed by atoms with Crippen LogP contribution in [-0.2, 0) is 9.59 Å². The van der Waals surface area contributed by atoms with E-state index in [2.05, 4.69) is 10.6 Å². The molecule has 2 rings (SSSR count). The van der Waals surface area contributed by atoms with Crippen molar-refractivity contribution in [1.82, 2.24) is 10.6 Å². The van der Waals surface area contributed by atoms with Gasteiger partial charge in [-0.1, -0.05) is 30.3 Å². The standard InChI is InChI=1S/C14H18N2O3.ClH/c17-13(9-15-11-6-7-11)16-12(8-14(18)19)10-4-2-1-3-5-10;/h1-5,11-12,15H,6-9H2,(H,16,17)(H,18,19);1H. The highest BCUT2D eigenvalue weighted by Crippen LogP contribution is 2.18. The number of aliphatic carboxylic acids is 1. The summed E-state index contributed by atoms with van der Waals surface area (Å²) in [6.45, 7) is 0.244. The van der Waals surface area contributed by atoms with E-state index in [0.717, 1.165) is 18.4 Å². The van der Waals surface area contributed by atoms with Gasteiger partial charge in [-0.05, 0) is 18.4 Å². The quantitative estimate of drug-likeness (QED) is 0.713. The summed E-state index contributed by atoms with van der Waals surface area (Å²) in [7, 11) is 0. The largest absolute Gasteiger partial charge is 0.481 e. The third kappa shape index (κ3) is 5.59. The average Bonchev–Trinajstić information content (AvgIpc) is 3.20. The number of nitrogens with one attached hydrogen (secondary N) is 2. The van der Waals surface area contributed by atoms with E-state index in [9.17, 15) is 9.59 Å². The van der Waals surface area contributed by atoms with Gasteiger partial charge in [0.2, 0.25) is 5.91 Å². The second kappa shape index (κ2) is 7.87. The van der Waals surface area contributed by atoms with Crippen LogP contribution in [0.2, 0.25) is 0 Å².